The summed E-state index contributed by atoms with van der Waals surface area (Å²) < 4.78 is 14.2. The van der Waals surface area contributed by atoms with Crippen LogP contribution in [0.2, 0.25) is 0 Å². The largest absolute Gasteiger partial charge is 0.277 e. The molecule has 1 aliphatic rings. The number of carbonyl (C=O) groups is 2. The highest BCUT2D eigenvalue weighted by atomic mass is 19.1. The summed E-state index contributed by atoms with van der Waals surface area (Å²) in [5.74, 6) is -1.89. The van der Waals surface area contributed by atoms with Gasteiger partial charge in [0.05, 0.1) is 28.0 Å². The molecule has 0 unspecified atom stereocenters. The van der Waals surface area contributed by atoms with Crippen molar-refractivity contribution in [3.63, 3.8) is 0 Å². The van der Waals surface area contributed by atoms with Crippen molar-refractivity contribution in [2.24, 2.45) is 0 Å². The van der Waals surface area contributed by atoms with Gasteiger partial charge >= 0.3 is 0 Å². The van der Waals surface area contributed by atoms with E-state index >= 15 is 0 Å². The SMILES string of the molecule is O=C1c2cccc(F)c2C(=O)N1c1ccccc1/C=C/c1n[nH]c2ccccc12. The molecule has 0 saturated heterocycles. The summed E-state index contributed by atoms with van der Waals surface area (Å²) in [5, 5.41) is 8.23. The van der Waals surface area contributed by atoms with E-state index in [0.29, 0.717) is 11.3 Å². The summed E-state index contributed by atoms with van der Waals surface area (Å²) in [4.78, 5) is 26.7. The zero-order valence-corrected chi connectivity index (χ0v) is 15.1. The van der Waals surface area contributed by atoms with Crippen molar-refractivity contribution in [1.29, 1.82) is 0 Å². The average Bonchev–Trinajstić information content (AvgIpc) is 3.26. The number of fused-ring (bicyclic) bond motifs is 2. The molecule has 0 atom stereocenters. The molecule has 0 radical (unpaired) electrons. The highest BCUT2D eigenvalue weighted by Crippen LogP contribution is 2.33. The predicted molar refractivity (Wildman–Crippen MR) is 109 cm³/mol. The Labute approximate surface area is 165 Å². The second kappa shape index (κ2) is 6.53. The molecule has 1 N–H and O–H groups in total. The minimum absolute atomic E-state index is 0.0760. The van der Waals surface area contributed by atoms with Gasteiger partial charge in [-0.05, 0) is 35.9 Å². The Morgan fingerprint density at radius 1 is 0.862 bits per heavy atom. The number of carbonyl (C=O) groups excluding carboxylic acids is 2. The van der Waals surface area contributed by atoms with Crippen molar-refractivity contribution in [2.75, 3.05) is 4.90 Å². The Morgan fingerprint density at radius 2 is 1.66 bits per heavy atom. The van der Waals surface area contributed by atoms with Crippen LogP contribution in [-0.4, -0.2) is 22.0 Å². The quantitative estimate of drug-likeness (QED) is 0.523. The first-order valence-electron chi connectivity index (χ1n) is 9.02. The molecular formula is C23H14FN3O2. The average molecular weight is 383 g/mol. The number of imide groups is 1. The Bertz CT molecular complexity index is 1320. The number of rotatable bonds is 3. The topological polar surface area (TPSA) is 66.1 Å². The van der Waals surface area contributed by atoms with Gasteiger partial charge in [0.25, 0.3) is 11.8 Å². The minimum Gasteiger partial charge on any atom is -0.277 e. The van der Waals surface area contributed by atoms with Crippen LogP contribution >= 0.6 is 0 Å². The lowest BCUT2D eigenvalue weighted by molar-refractivity contribution is 0.0925. The number of halogens is 1. The molecular weight excluding hydrogens is 369 g/mol. The monoisotopic (exact) mass is 383 g/mol. The molecule has 0 saturated carbocycles. The fourth-order valence-electron chi connectivity index (χ4n) is 3.58. The number of para-hydroxylation sites is 2. The first kappa shape index (κ1) is 17.1. The van der Waals surface area contributed by atoms with E-state index in [-0.39, 0.29) is 11.1 Å². The van der Waals surface area contributed by atoms with E-state index in [4.69, 9.17) is 0 Å². The molecule has 0 aliphatic carbocycles. The number of benzene rings is 3. The van der Waals surface area contributed by atoms with Crippen LogP contribution in [0.15, 0.2) is 66.7 Å². The third-order valence-corrected chi connectivity index (χ3v) is 4.96. The third-order valence-electron chi connectivity index (χ3n) is 4.96. The number of aromatic amines is 1. The number of nitrogens with zero attached hydrogens (tertiary/aromatic N) is 2. The summed E-state index contributed by atoms with van der Waals surface area (Å²) in [5.41, 5.74) is 2.59. The zero-order chi connectivity index (χ0) is 20.0. The van der Waals surface area contributed by atoms with Gasteiger partial charge in [0.2, 0.25) is 0 Å². The summed E-state index contributed by atoms with van der Waals surface area (Å²) in [6.07, 6.45) is 3.61. The van der Waals surface area contributed by atoms with E-state index in [1.165, 1.54) is 18.2 Å². The van der Waals surface area contributed by atoms with Crippen molar-refractivity contribution in [3.8, 4) is 0 Å². The van der Waals surface area contributed by atoms with Gasteiger partial charge in [-0.3, -0.25) is 14.7 Å². The van der Waals surface area contributed by atoms with Crippen LogP contribution in [0.1, 0.15) is 32.0 Å². The van der Waals surface area contributed by atoms with E-state index in [1.807, 2.05) is 36.4 Å². The van der Waals surface area contributed by atoms with Crippen molar-refractivity contribution in [2.45, 2.75) is 0 Å². The van der Waals surface area contributed by atoms with Gasteiger partial charge in [-0.2, -0.15) is 5.10 Å². The van der Waals surface area contributed by atoms with Crippen LogP contribution in [0.5, 0.6) is 0 Å². The minimum atomic E-state index is -0.695. The lowest BCUT2D eigenvalue weighted by Gasteiger charge is -2.16. The molecule has 5 nitrogen and oxygen atoms in total. The Morgan fingerprint density at radius 3 is 2.52 bits per heavy atom. The maximum absolute atomic E-state index is 14.2. The number of aromatic nitrogens is 2. The molecule has 140 valence electrons. The number of hydrogen-bond donors (Lipinski definition) is 1. The Kier molecular flexibility index (Phi) is 3.84. The smallest absolute Gasteiger partial charge is 0.269 e. The Hall–Kier alpha value is -4.06. The summed E-state index contributed by atoms with van der Waals surface area (Å²) in [6.45, 7) is 0. The summed E-state index contributed by atoms with van der Waals surface area (Å²) >= 11 is 0. The van der Waals surface area contributed by atoms with Crippen molar-refractivity contribution in [3.05, 3.63) is 94.9 Å². The third kappa shape index (κ3) is 2.65. The highest BCUT2D eigenvalue weighted by molar-refractivity contribution is 6.35. The van der Waals surface area contributed by atoms with Gasteiger partial charge in [-0.15, -0.1) is 0 Å². The van der Waals surface area contributed by atoms with Crippen LogP contribution in [-0.2, 0) is 0 Å². The van der Waals surface area contributed by atoms with E-state index in [1.54, 1.807) is 24.3 Å². The molecule has 6 heteroatoms. The Balaban J connectivity index is 1.57. The van der Waals surface area contributed by atoms with E-state index < -0.39 is 17.6 Å². The fraction of sp³-hybridized carbons (Fsp3) is 0. The van der Waals surface area contributed by atoms with E-state index in [9.17, 15) is 14.0 Å². The first-order valence-corrected chi connectivity index (χ1v) is 9.02. The van der Waals surface area contributed by atoms with E-state index in [2.05, 4.69) is 10.2 Å². The van der Waals surface area contributed by atoms with Gasteiger partial charge in [-0.25, -0.2) is 9.29 Å². The van der Waals surface area contributed by atoms with Gasteiger partial charge in [-0.1, -0.05) is 48.5 Å². The van der Waals surface area contributed by atoms with Crippen LogP contribution in [0.4, 0.5) is 10.1 Å². The van der Waals surface area contributed by atoms with Crippen molar-refractivity contribution in [1.82, 2.24) is 10.2 Å². The standard InChI is InChI=1S/C23H14FN3O2/c24-17-9-5-8-16-21(17)23(29)27(22(16)28)20-11-4-1-6-14(20)12-13-19-15-7-2-3-10-18(15)25-26-19/h1-13H,(H,25,26)/b13-12+. The molecule has 5 rings (SSSR count). The maximum atomic E-state index is 14.2. The zero-order valence-electron chi connectivity index (χ0n) is 15.1. The molecule has 0 fully saturated rings. The normalized spacial score (nSPS) is 13.6. The highest BCUT2D eigenvalue weighted by Gasteiger charge is 2.39. The lowest BCUT2D eigenvalue weighted by atomic mass is 10.1. The number of anilines is 1. The molecule has 1 aromatic heterocycles. The fourth-order valence-corrected chi connectivity index (χ4v) is 3.58. The first-order chi connectivity index (χ1) is 14.1. The van der Waals surface area contributed by atoms with Gasteiger partial charge in [0.1, 0.15) is 5.82 Å². The second-order valence-electron chi connectivity index (χ2n) is 6.65. The summed E-state index contributed by atoms with van der Waals surface area (Å²) in [7, 11) is 0. The van der Waals surface area contributed by atoms with Crippen molar-refractivity contribution >= 4 is 40.6 Å². The number of hydrogen-bond acceptors (Lipinski definition) is 3. The molecule has 1 aliphatic heterocycles. The van der Waals surface area contributed by atoms with Crippen molar-refractivity contribution < 1.29 is 14.0 Å². The number of nitrogens with one attached hydrogen (secondary N) is 1. The maximum Gasteiger partial charge on any atom is 0.269 e. The second-order valence-corrected chi connectivity index (χ2v) is 6.65. The molecule has 4 aromatic rings. The summed E-state index contributed by atoms with van der Waals surface area (Å²) in [6, 6.07) is 18.8. The van der Waals surface area contributed by atoms with Crippen LogP contribution in [0.3, 0.4) is 0 Å². The number of amides is 2. The molecule has 2 heterocycles. The molecule has 3 aromatic carbocycles. The molecule has 2 amide bonds. The molecule has 0 bridgehead atoms. The lowest BCUT2D eigenvalue weighted by Crippen LogP contribution is -2.30. The molecule has 29 heavy (non-hydrogen) atoms. The van der Waals surface area contributed by atoms with Gasteiger partial charge in [0, 0.05) is 5.39 Å². The van der Waals surface area contributed by atoms with E-state index in [0.717, 1.165) is 21.5 Å². The number of H-pyrrole nitrogens is 1. The predicted octanol–water partition coefficient (Wildman–Crippen LogP) is 4.67. The van der Waals surface area contributed by atoms with Crippen LogP contribution < -0.4 is 4.90 Å². The van der Waals surface area contributed by atoms with Crippen LogP contribution in [0, 0.1) is 5.82 Å². The van der Waals surface area contributed by atoms with Gasteiger partial charge < -0.3 is 0 Å². The van der Waals surface area contributed by atoms with Gasteiger partial charge in [0.15, 0.2) is 0 Å². The van der Waals surface area contributed by atoms with Crippen LogP contribution in [0.25, 0.3) is 23.1 Å². The molecule has 0 spiro atoms.